The highest BCUT2D eigenvalue weighted by Gasteiger charge is 2.21. The van der Waals surface area contributed by atoms with E-state index in [1.165, 1.54) is 36.8 Å². The minimum Gasteiger partial charge on any atom is -0.394 e. The van der Waals surface area contributed by atoms with E-state index in [4.69, 9.17) is 9.82 Å². The number of piperidine rings is 2. The number of fused-ring (bicyclic) bond motifs is 2. The minimum absolute atomic E-state index is 0.0707. The Labute approximate surface area is 472 Å². The van der Waals surface area contributed by atoms with E-state index in [-0.39, 0.29) is 11.1 Å². The van der Waals surface area contributed by atoms with E-state index in [9.17, 15) is 9.59 Å². The Bertz CT molecular complexity index is 3900. The van der Waals surface area contributed by atoms with Gasteiger partial charge in [-0.3, -0.25) is 28.7 Å². The number of rotatable bonds is 13. The highest BCUT2D eigenvalue weighted by Crippen LogP contribution is 2.33. The van der Waals surface area contributed by atoms with Crippen LogP contribution in [-0.2, 0) is 18.4 Å². The van der Waals surface area contributed by atoms with Crippen LogP contribution >= 0.6 is 0 Å². The summed E-state index contributed by atoms with van der Waals surface area (Å²) in [6.45, 7) is 18.8. The summed E-state index contributed by atoms with van der Waals surface area (Å²) in [6.07, 6.45) is 11.7. The van der Waals surface area contributed by atoms with Crippen molar-refractivity contribution in [3.8, 4) is 33.5 Å². The topological polar surface area (TPSA) is 186 Å². The maximum absolute atomic E-state index is 13.7. The predicted molar refractivity (Wildman–Crippen MR) is 326 cm³/mol. The second kappa shape index (κ2) is 24.7. The largest absolute Gasteiger partial charge is 0.394 e. The van der Waals surface area contributed by atoms with Crippen LogP contribution in [0.5, 0.6) is 0 Å². The van der Waals surface area contributed by atoms with Gasteiger partial charge in [-0.2, -0.15) is 9.97 Å². The van der Waals surface area contributed by atoms with Gasteiger partial charge in [-0.1, -0.05) is 53.7 Å². The SMILES string of the molecule is C=N/C(=N\OCC)c1ccc(-c2cc3cnc(Nc4ccc(C5CCN(C)CC5)cc4)nc3n(C)c2=O)c(C)c1.CCn1c(=O)c(-c2ccc(-c3nccnc3C)cc2C)cc2cnc(Nc3ccc(C4CCN(C)CC4)cc3)nc21. The molecule has 0 saturated carbocycles. The zero-order chi connectivity index (χ0) is 56.7. The van der Waals surface area contributed by atoms with Gasteiger partial charge in [-0.25, -0.2) is 15.0 Å². The number of anilines is 4. The molecule has 0 unspecified atom stereocenters. The third-order valence-electron chi connectivity index (χ3n) is 15.7. The van der Waals surface area contributed by atoms with Crippen molar-refractivity contribution >= 4 is 57.9 Å². The molecular weight excluding hydrogens is 1010 g/mol. The number of hydrogen-bond donors (Lipinski definition) is 2. The molecule has 2 saturated heterocycles. The van der Waals surface area contributed by atoms with Gasteiger partial charge in [-0.15, -0.1) is 0 Å². The molecular formula is C64H70N14O3. The summed E-state index contributed by atoms with van der Waals surface area (Å²) >= 11 is 0. The van der Waals surface area contributed by atoms with Crippen molar-refractivity contribution in [2.75, 3.05) is 57.5 Å². The number of nitrogens with one attached hydrogen (secondary N) is 2. The van der Waals surface area contributed by atoms with E-state index in [2.05, 4.69) is 131 Å². The van der Waals surface area contributed by atoms with Crippen molar-refractivity contribution in [1.29, 1.82) is 0 Å². The molecule has 0 atom stereocenters. The first-order valence-corrected chi connectivity index (χ1v) is 27.8. The van der Waals surface area contributed by atoms with Crippen molar-refractivity contribution in [2.24, 2.45) is 17.2 Å². The molecule has 17 heteroatoms. The number of aryl methyl sites for hydroxylation is 5. The van der Waals surface area contributed by atoms with Gasteiger partial charge in [0.2, 0.25) is 11.9 Å². The monoisotopic (exact) mass is 1080 g/mol. The molecule has 0 radical (unpaired) electrons. The first-order valence-electron chi connectivity index (χ1n) is 27.8. The summed E-state index contributed by atoms with van der Waals surface area (Å²) in [5.41, 5.74) is 13.8. The summed E-state index contributed by atoms with van der Waals surface area (Å²) in [5.74, 6) is 2.53. The number of amidine groups is 1. The van der Waals surface area contributed by atoms with E-state index >= 15 is 0 Å². The van der Waals surface area contributed by atoms with Gasteiger partial charge in [0.25, 0.3) is 11.1 Å². The highest BCUT2D eigenvalue weighted by molar-refractivity contribution is 6.01. The molecule has 2 aliphatic rings. The maximum Gasteiger partial charge on any atom is 0.260 e. The Morgan fingerprint density at radius 1 is 0.617 bits per heavy atom. The number of likely N-dealkylation sites (tertiary alicyclic amines) is 2. The number of oxime groups is 1. The Hall–Kier alpha value is -8.80. The van der Waals surface area contributed by atoms with Crippen molar-refractivity contribution in [1.82, 2.24) is 48.8 Å². The Morgan fingerprint density at radius 3 is 1.65 bits per heavy atom. The molecule has 7 heterocycles. The first-order chi connectivity index (χ1) is 39.3. The molecule has 414 valence electrons. The molecule has 5 aromatic heterocycles. The number of pyridine rings is 2. The van der Waals surface area contributed by atoms with Gasteiger partial charge < -0.3 is 25.3 Å². The van der Waals surface area contributed by atoms with Crippen LogP contribution < -0.4 is 21.8 Å². The number of nitrogens with zero attached hydrogens (tertiary/aromatic N) is 12. The quantitative estimate of drug-likeness (QED) is 0.0632. The van der Waals surface area contributed by atoms with Crippen LogP contribution in [0, 0.1) is 20.8 Å². The summed E-state index contributed by atoms with van der Waals surface area (Å²) in [5, 5.41) is 12.2. The van der Waals surface area contributed by atoms with Crippen LogP contribution in [-0.4, -0.2) is 108 Å². The second-order valence-corrected chi connectivity index (χ2v) is 21.2. The van der Waals surface area contributed by atoms with E-state index in [1.807, 2.05) is 77.1 Å². The predicted octanol–water partition coefficient (Wildman–Crippen LogP) is 11.4. The first kappa shape index (κ1) is 55.5. The molecule has 2 aliphatic heterocycles. The second-order valence-electron chi connectivity index (χ2n) is 21.2. The molecule has 0 spiro atoms. The lowest BCUT2D eigenvalue weighted by Crippen LogP contribution is -2.29. The van der Waals surface area contributed by atoms with E-state index in [1.54, 1.807) is 41.0 Å². The van der Waals surface area contributed by atoms with E-state index in [0.717, 1.165) is 93.1 Å². The molecule has 9 aromatic rings. The van der Waals surface area contributed by atoms with Gasteiger partial charge >= 0.3 is 0 Å². The lowest BCUT2D eigenvalue weighted by Gasteiger charge is -2.29. The maximum atomic E-state index is 13.7. The smallest absolute Gasteiger partial charge is 0.260 e. The fourth-order valence-corrected chi connectivity index (χ4v) is 11.0. The minimum atomic E-state index is -0.138. The summed E-state index contributed by atoms with van der Waals surface area (Å²) in [6, 6.07) is 32.6. The molecule has 2 fully saturated rings. The van der Waals surface area contributed by atoms with E-state index in [0.29, 0.717) is 65.1 Å². The summed E-state index contributed by atoms with van der Waals surface area (Å²) < 4.78 is 3.29. The molecule has 4 aromatic carbocycles. The Kier molecular flexibility index (Phi) is 16.9. The van der Waals surface area contributed by atoms with Crippen molar-refractivity contribution in [3.05, 3.63) is 176 Å². The van der Waals surface area contributed by atoms with Gasteiger partial charge in [0.05, 0.1) is 11.4 Å². The third kappa shape index (κ3) is 12.3. The number of benzene rings is 4. The van der Waals surface area contributed by atoms with Crippen molar-refractivity contribution in [2.45, 2.75) is 78.7 Å². The van der Waals surface area contributed by atoms with Crippen LogP contribution in [0.2, 0.25) is 0 Å². The van der Waals surface area contributed by atoms with Gasteiger partial charge in [-0.05, 0) is 201 Å². The molecule has 0 aliphatic carbocycles. The zero-order valence-corrected chi connectivity index (χ0v) is 47.6. The number of aliphatic imine (C=N–C) groups is 1. The molecule has 0 bridgehead atoms. The number of aromatic nitrogens is 8. The molecule has 17 nitrogen and oxygen atoms in total. The van der Waals surface area contributed by atoms with Crippen LogP contribution in [0.25, 0.3) is 55.6 Å². The van der Waals surface area contributed by atoms with Crippen molar-refractivity contribution < 1.29 is 4.84 Å². The average molecular weight is 1080 g/mol. The van der Waals surface area contributed by atoms with Crippen LogP contribution in [0.3, 0.4) is 0 Å². The van der Waals surface area contributed by atoms with Gasteiger partial charge in [0, 0.05) is 82.8 Å². The van der Waals surface area contributed by atoms with Crippen molar-refractivity contribution in [3.63, 3.8) is 0 Å². The lowest BCUT2D eigenvalue weighted by atomic mass is 9.89. The fourth-order valence-electron chi connectivity index (χ4n) is 11.0. The molecule has 2 N–H and O–H groups in total. The Balaban J connectivity index is 0.000000182. The average Bonchev–Trinajstić information content (AvgIpc) is 3.68. The zero-order valence-electron chi connectivity index (χ0n) is 47.6. The Morgan fingerprint density at radius 2 is 1.14 bits per heavy atom. The highest BCUT2D eigenvalue weighted by atomic mass is 16.6. The van der Waals surface area contributed by atoms with Crippen LogP contribution in [0.1, 0.15) is 84.9 Å². The normalized spacial score (nSPS) is 14.6. The number of hydrogen-bond acceptors (Lipinski definition) is 14. The van der Waals surface area contributed by atoms with Crippen LogP contribution in [0.4, 0.5) is 23.3 Å². The molecule has 81 heavy (non-hydrogen) atoms. The third-order valence-corrected chi connectivity index (χ3v) is 15.7. The van der Waals surface area contributed by atoms with Gasteiger partial charge in [0.15, 0.2) is 5.84 Å². The molecule has 11 rings (SSSR count). The van der Waals surface area contributed by atoms with Gasteiger partial charge in [0.1, 0.15) is 17.9 Å². The van der Waals surface area contributed by atoms with Crippen LogP contribution in [0.15, 0.2) is 142 Å². The fraction of sp³-hybridized carbons (Fsp3) is 0.312. The summed E-state index contributed by atoms with van der Waals surface area (Å²) in [7, 11) is 6.10. The van der Waals surface area contributed by atoms with E-state index < -0.39 is 0 Å². The summed E-state index contributed by atoms with van der Waals surface area (Å²) in [4.78, 5) is 68.4. The molecule has 0 amide bonds. The standard InChI is InChI=1S/C33H35N7O.C31H35N7O2/c1-5-40-31-26(19-29(32(40)41)28-11-8-25(18-21(28)2)30-22(3)34-14-15-35-30)20-36-33(38-31)37-27-9-6-23(7-10-27)24-12-16-39(4)17-13-24;1-6-40-36-28(32-3)23-9-12-26(20(2)17-23)27-18-24-19-33-31(35-29(24)38(5)30(27)39)34-25-10-7-21(8-11-25)22-13-15-37(4)16-14-22/h6-11,14-15,18-20,24H,5,12-13,16-17H2,1-4H3,(H,36,37,38);7-12,17-19,22H,3,6,13-16H2,1-2,4-5H3,(H,33,34,35)/b;36-28-. The lowest BCUT2D eigenvalue weighted by molar-refractivity contribution is 0.158.